The number of anilines is 2. The van der Waals surface area contributed by atoms with Crippen LogP contribution in [0, 0.1) is 0 Å². The third-order valence-corrected chi connectivity index (χ3v) is 7.27. The first-order chi connectivity index (χ1) is 14.7. The highest BCUT2D eigenvalue weighted by Gasteiger charge is 2.33. The molecule has 8 nitrogen and oxygen atoms in total. The van der Waals surface area contributed by atoms with Gasteiger partial charge in [-0.2, -0.15) is 17.5 Å². The number of hydrogen-bond donors (Lipinski definition) is 0. The molecule has 1 aromatic heterocycles. The van der Waals surface area contributed by atoms with E-state index < -0.39 is 21.8 Å². The summed E-state index contributed by atoms with van der Waals surface area (Å²) in [5, 5.41) is 0. The Kier molecular flexibility index (Phi) is 6.04. The summed E-state index contributed by atoms with van der Waals surface area (Å²) in [4.78, 5) is 12.6. The maximum absolute atomic E-state index is 12.8. The molecule has 4 rings (SSSR count). The number of piperazine rings is 1. The number of morpholine rings is 1. The van der Waals surface area contributed by atoms with E-state index in [1.54, 1.807) is 0 Å². The average Bonchev–Trinajstić information content (AvgIpc) is 2.79. The molecule has 0 spiro atoms. The van der Waals surface area contributed by atoms with Crippen LogP contribution in [-0.4, -0.2) is 75.2 Å². The molecule has 0 saturated carbocycles. The van der Waals surface area contributed by atoms with E-state index in [1.165, 1.54) is 10.6 Å². The lowest BCUT2D eigenvalue weighted by atomic mass is 10.2. The first kappa shape index (κ1) is 21.8. The molecule has 12 heteroatoms. The lowest BCUT2D eigenvalue weighted by Gasteiger charge is -2.35. The SMILES string of the molecule is O=S(=O)(c1ccc(C(F)(F)F)cc1)N1CCN(c2cc(N3CCOCC3)ncn2)CC1. The molecule has 0 atom stereocenters. The quantitative estimate of drug-likeness (QED) is 0.693. The molecule has 2 saturated heterocycles. The van der Waals surface area contributed by atoms with Crippen molar-refractivity contribution in [1.29, 1.82) is 0 Å². The Labute approximate surface area is 178 Å². The van der Waals surface area contributed by atoms with Crippen LogP contribution < -0.4 is 9.80 Å². The van der Waals surface area contributed by atoms with Gasteiger partial charge < -0.3 is 14.5 Å². The van der Waals surface area contributed by atoms with E-state index in [9.17, 15) is 21.6 Å². The van der Waals surface area contributed by atoms with Crippen molar-refractivity contribution in [1.82, 2.24) is 14.3 Å². The molecular weight excluding hydrogens is 435 g/mol. The topological polar surface area (TPSA) is 78.9 Å². The number of sulfonamides is 1. The van der Waals surface area contributed by atoms with E-state index in [0.29, 0.717) is 32.1 Å². The van der Waals surface area contributed by atoms with Crippen molar-refractivity contribution >= 4 is 21.7 Å². The summed E-state index contributed by atoms with van der Waals surface area (Å²) in [6.45, 7) is 4.02. The summed E-state index contributed by atoms with van der Waals surface area (Å²) in [7, 11) is -3.87. The predicted octanol–water partition coefficient (Wildman–Crippen LogP) is 1.84. The highest BCUT2D eigenvalue weighted by atomic mass is 32.2. The van der Waals surface area contributed by atoms with Gasteiger partial charge in [0.25, 0.3) is 0 Å². The molecule has 2 aliphatic heterocycles. The molecule has 0 aliphatic carbocycles. The second kappa shape index (κ2) is 8.60. The zero-order valence-corrected chi connectivity index (χ0v) is 17.4. The molecular formula is C19H22F3N5O3S. The van der Waals surface area contributed by atoms with Gasteiger partial charge in [-0.05, 0) is 24.3 Å². The third-order valence-electron chi connectivity index (χ3n) is 5.36. The predicted molar refractivity (Wildman–Crippen MR) is 107 cm³/mol. The Morgan fingerprint density at radius 3 is 1.94 bits per heavy atom. The molecule has 0 N–H and O–H groups in total. The second-order valence-corrected chi connectivity index (χ2v) is 9.19. The van der Waals surface area contributed by atoms with Crippen LogP contribution in [0.25, 0.3) is 0 Å². The number of benzene rings is 1. The van der Waals surface area contributed by atoms with Gasteiger partial charge >= 0.3 is 6.18 Å². The average molecular weight is 457 g/mol. The number of rotatable bonds is 4. The van der Waals surface area contributed by atoms with E-state index in [0.717, 1.165) is 43.2 Å². The first-order valence-electron chi connectivity index (χ1n) is 9.82. The van der Waals surface area contributed by atoms with Crippen LogP contribution >= 0.6 is 0 Å². The molecule has 0 unspecified atom stereocenters. The molecule has 0 amide bonds. The van der Waals surface area contributed by atoms with Gasteiger partial charge in [-0.3, -0.25) is 0 Å². The van der Waals surface area contributed by atoms with Crippen LogP contribution in [0.3, 0.4) is 0 Å². The van der Waals surface area contributed by atoms with Crippen molar-refractivity contribution in [3.8, 4) is 0 Å². The van der Waals surface area contributed by atoms with Gasteiger partial charge in [0.2, 0.25) is 10.0 Å². The monoisotopic (exact) mass is 457 g/mol. The number of ether oxygens (including phenoxy) is 1. The lowest BCUT2D eigenvalue weighted by molar-refractivity contribution is -0.137. The number of nitrogens with zero attached hydrogens (tertiary/aromatic N) is 5. The fraction of sp³-hybridized carbons (Fsp3) is 0.474. The van der Waals surface area contributed by atoms with Gasteiger partial charge in [0.15, 0.2) is 0 Å². The number of halogens is 3. The summed E-state index contributed by atoms with van der Waals surface area (Å²) in [5.74, 6) is 1.51. The van der Waals surface area contributed by atoms with E-state index in [-0.39, 0.29) is 18.0 Å². The number of aromatic nitrogens is 2. The van der Waals surface area contributed by atoms with E-state index >= 15 is 0 Å². The summed E-state index contributed by atoms with van der Waals surface area (Å²) in [6, 6.07) is 5.47. The van der Waals surface area contributed by atoms with Gasteiger partial charge in [-0.25, -0.2) is 18.4 Å². The van der Waals surface area contributed by atoms with Crippen LogP contribution in [0.1, 0.15) is 5.56 Å². The second-order valence-electron chi connectivity index (χ2n) is 7.25. The number of alkyl halides is 3. The molecule has 0 radical (unpaired) electrons. The molecule has 3 heterocycles. The van der Waals surface area contributed by atoms with Crippen LogP contribution in [0.2, 0.25) is 0 Å². The number of hydrogen-bond acceptors (Lipinski definition) is 7. The molecule has 31 heavy (non-hydrogen) atoms. The van der Waals surface area contributed by atoms with Crippen molar-refractivity contribution < 1.29 is 26.3 Å². The molecule has 1 aromatic carbocycles. The van der Waals surface area contributed by atoms with Crippen LogP contribution in [0.4, 0.5) is 24.8 Å². The Bertz CT molecular complexity index is 1000. The Hall–Kier alpha value is -2.44. The molecule has 0 bridgehead atoms. The summed E-state index contributed by atoms with van der Waals surface area (Å²) in [6.07, 6.45) is -3.02. The van der Waals surface area contributed by atoms with Crippen molar-refractivity contribution in [2.75, 3.05) is 62.3 Å². The van der Waals surface area contributed by atoms with E-state index in [4.69, 9.17) is 4.74 Å². The molecule has 2 fully saturated rings. The molecule has 2 aliphatic rings. The van der Waals surface area contributed by atoms with Crippen molar-refractivity contribution in [2.45, 2.75) is 11.1 Å². The highest BCUT2D eigenvalue weighted by molar-refractivity contribution is 7.89. The maximum atomic E-state index is 12.8. The maximum Gasteiger partial charge on any atom is 0.416 e. The van der Waals surface area contributed by atoms with Crippen molar-refractivity contribution in [3.63, 3.8) is 0 Å². The van der Waals surface area contributed by atoms with E-state index in [1.807, 2.05) is 11.0 Å². The zero-order chi connectivity index (χ0) is 22.1. The Morgan fingerprint density at radius 1 is 0.839 bits per heavy atom. The minimum atomic E-state index is -4.51. The summed E-state index contributed by atoms with van der Waals surface area (Å²) < 4.78 is 70.5. The molecule has 168 valence electrons. The highest BCUT2D eigenvalue weighted by Crippen LogP contribution is 2.30. The Morgan fingerprint density at radius 2 is 1.39 bits per heavy atom. The zero-order valence-electron chi connectivity index (χ0n) is 16.6. The largest absolute Gasteiger partial charge is 0.416 e. The van der Waals surface area contributed by atoms with Crippen LogP contribution in [-0.2, 0) is 20.9 Å². The third kappa shape index (κ3) is 4.75. The van der Waals surface area contributed by atoms with Crippen molar-refractivity contribution in [3.05, 3.63) is 42.2 Å². The normalized spacial score (nSPS) is 18.9. The van der Waals surface area contributed by atoms with Crippen LogP contribution in [0.15, 0.2) is 41.6 Å². The fourth-order valence-corrected chi connectivity index (χ4v) is 5.02. The van der Waals surface area contributed by atoms with Crippen LogP contribution in [0.5, 0.6) is 0 Å². The van der Waals surface area contributed by atoms with Gasteiger partial charge in [0, 0.05) is 45.3 Å². The lowest BCUT2D eigenvalue weighted by Crippen LogP contribution is -2.49. The first-order valence-corrected chi connectivity index (χ1v) is 11.3. The summed E-state index contributed by atoms with van der Waals surface area (Å²) >= 11 is 0. The van der Waals surface area contributed by atoms with Gasteiger partial charge in [-0.1, -0.05) is 0 Å². The van der Waals surface area contributed by atoms with Gasteiger partial charge in [0.05, 0.1) is 23.7 Å². The minimum absolute atomic E-state index is 0.148. The fourth-order valence-electron chi connectivity index (χ4n) is 3.60. The summed E-state index contributed by atoms with van der Waals surface area (Å²) in [5.41, 5.74) is -0.879. The smallest absolute Gasteiger partial charge is 0.378 e. The van der Waals surface area contributed by atoms with Gasteiger partial charge in [0.1, 0.15) is 18.0 Å². The van der Waals surface area contributed by atoms with E-state index in [2.05, 4.69) is 14.9 Å². The standard InChI is InChI=1S/C19H22F3N5O3S/c20-19(21,22)15-1-3-16(4-2-15)31(28,29)27-7-5-25(6-8-27)17-13-18(24-14-23-17)26-9-11-30-12-10-26/h1-4,13-14H,5-12H2. The van der Waals surface area contributed by atoms with Crippen molar-refractivity contribution in [2.24, 2.45) is 0 Å². The Balaban J connectivity index is 1.42. The minimum Gasteiger partial charge on any atom is -0.378 e. The van der Waals surface area contributed by atoms with Gasteiger partial charge in [-0.15, -0.1) is 0 Å². The molecule has 2 aromatic rings.